The number of hydrogen-bond acceptors (Lipinski definition) is 4. The minimum Gasteiger partial charge on any atom is -0.337 e. The zero-order valence-electron chi connectivity index (χ0n) is 10.2. The Balaban J connectivity index is 3.98. The average molecular weight is 283 g/mol. The van der Waals surface area contributed by atoms with E-state index in [1.807, 2.05) is 0 Å². The van der Waals surface area contributed by atoms with E-state index in [1.165, 1.54) is 6.92 Å². The predicted molar refractivity (Wildman–Crippen MR) is 70.7 cm³/mol. The summed E-state index contributed by atoms with van der Waals surface area (Å²) < 4.78 is 30.1. The summed E-state index contributed by atoms with van der Waals surface area (Å²) in [5.74, 6) is -0.463. The Morgan fingerprint density at radius 3 is 2.41 bits per heavy atom. The van der Waals surface area contributed by atoms with Crippen LogP contribution in [-0.2, 0) is 14.9 Å². The summed E-state index contributed by atoms with van der Waals surface area (Å²) in [5, 5.41) is 0.384. The summed E-state index contributed by atoms with van der Waals surface area (Å²) in [6.45, 7) is 3.31. The second-order valence-electron chi connectivity index (χ2n) is 4.03. The predicted octanol–water partition coefficient (Wildman–Crippen LogP) is 1.61. The van der Waals surface area contributed by atoms with Crippen molar-refractivity contribution in [3.8, 4) is 0 Å². The van der Waals surface area contributed by atoms with Gasteiger partial charge in [-0.2, -0.15) is 21.0 Å². The second-order valence-corrected chi connectivity index (χ2v) is 6.39. The van der Waals surface area contributed by atoms with Crippen LogP contribution < -0.4 is 5.32 Å². The van der Waals surface area contributed by atoms with Crippen molar-refractivity contribution in [2.24, 2.45) is 0 Å². The van der Waals surface area contributed by atoms with E-state index in [2.05, 4.69) is 24.9 Å². The molecular formula is C10H21NO4S2. The standard InChI is InChI=1S/C10H21NO4S2/c1-3-4-5-6-7-9(16)10(12)11-8(2)17(13,14)15/h8-9,16H,3-7H2,1-2H3,(H,11,12)(H,13,14,15). The van der Waals surface area contributed by atoms with E-state index in [-0.39, 0.29) is 0 Å². The van der Waals surface area contributed by atoms with Gasteiger partial charge in [0.1, 0.15) is 0 Å². The highest BCUT2D eigenvalue weighted by Crippen LogP contribution is 2.10. The van der Waals surface area contributed by atoms with Crippen LogP contribution in [0.5, 0.6) is 0 Å². The maximum atomic E-state index is 11.5. The SMILES string of the molecule is CCCCCCC(S)C(=O)NC(C)S(=O)(=O)O. The summed E-state index contributed by atoms with van der Waals surface area (Å²) >= 11 is 4.11. The van der Waals surface area contributed by atoms with E-state index in [0.717, 1.165) is 25.7 Å². The van der Waals surface area contributed by atoms with Gasteiger partial charge in [-0.05, 0) is 13.3 Å². The van der Waals surface area contributed by atoms with E-state index in [1.54, 1.807) is 0 Å². The zero-order chi connectivity index (χ0) is 13.5. The first-order chi connectivity index (χ1) is 7.79. The van der Waals surface area contributed by atoms with Gasteiger partial charge in [0.2, 0.25) is 5.91 Å². The largest absolute Gasteiger partial charge is 0.337 e. The topological polar surface area (TPSA) is 83.5 Å². The lowest BCUT2D eigenvalue weighted by Gasteiger charge is -2.14. The quantitative estimate of drug-likeness (QED) is 0.359. The number of carbonyl (C=O) groups is 1. The molecule has 0 radical (unpaired) electrons. The maximum absolute atomic E-state index is 11.5. The molecule has 0 spiro atoms. The molecule has 0 fully saturated rings. The van der Waals surface area contributed by atoms with Crippen molar-refractivity contribution < 1.29 is 17.8 Å². The van der Waals surface area contributed by atoms with Crippen molar-refractivity contribution in [3.05, 3.63) is 0 Å². The molecule has 2 unspecified atom stereocenters. The summed E-state index contributed by atoms with van der Waals surface area (Å²) in [6.07, 6.45) is 4.75. The smallest absolute Gasteiger partial charge is 0.285 e. The zero-order valence-corrected chi connectivity index (χ0v) is 11.9. The Labute approximate surface area is 109 Å². The van der Waals surface area contributed by atoms with Crippen molar-refractivity contribution in [2.75, 3.05) is 0 Å². The van der Waals surface area contributed by atoms with Gasteiger partial charge in [0.05, 0.1) is 5.25 Å². The summed E-state index contributed by atoms with van der Waals surface area (Å²) in [5.41, 5.74) is 0. The Bertz CT molecular complexity index is 329. The molecule has 2 N–H and O–H groups in total. The summed E-state index contributed by atoms with van der Waals surface area (Å²) in [4.78, 5) is 11.5. The molecule has 0 aliphatic rings. The second kappa shape index (κ2) is 7.94. The van der Waals surface area contributed by atoms with Gasteiger partial charge in [-0.15, -0.1) is 0 Å². The normalized spacial score (nSPS) is 15.3. The molecule has 0 aromatic carbocycles. The van der Waals surface area contributed by atoms with Crippen LogP contribution in [0.25, 0.3) is 0 Å². The van der Waals surface area contributed by atoms with Crippen LogP contribution >= 0.6 is 12.6 Å². The molecular weight excluding hydrogens is 262 g/mol. The van der Waals surface area contributed by atoms with Gasteiger partial charge in [-0.3, -0.25) is 9.35 Å². The van der Waals surface area contributed by atoms with Gasteiger partial charge in [0.15, 0.2) is 5.37 Å². The molecule has 2 atom stereocenters. The number of thiol groups is 1. The maximum Gasteiger partial charge on any atom is 0.285 e. The van der Waals surface area contributed by atoms with Gasteiger partial charge < -0.3 is 5.32 Å². The van der Waals surface area contributed by atoms with Crippen molar-refractivity contribution in [1.82, 2.24) is 5.32 Å². The Morgan fingerprint density at radius 2 is 1.94 bits per heavy atom. The minimum atomic E-state index is -4.23. The lowest BCUT2D eigenvalue weighted by molar-refractivity contribution is -0.120. The highest BCUT2D eigenvalue weighted by Gasteiger charge is 2.22. The number of hydrogen-bond donors (Lipinski definition) is 3. The number of unbranched alkanes of at least 4 members (excludes halogenated alkanes) is 3. The average Bonchev–Trinajstić information content (AvgIpc) is 2.22. The lowest BCUT2D eigenvalue weighted by Crippen LogP contribution is -2.42. The summed E-state index contributed by atoms with van der Waals surface area (Å²) in [7, 11) is -4.23. The molecule has 5 nitrogen and oxygen atoms in total. The first kappa shape index (κ1) is 16.7. The van der Waals surface area contributed by atoms with Gasteiger partial charge in [0, 0.05) is 0 Å². The molecule has 0 rings (SSSR count). The van der Waals surface area contributed by atoms with Crippen LogP contribution in [0.4, 0.5) is 0 Å². The molecule has 0 aromatic heterocycles. The summed E-state index contributed by atoms with van der Waals surface area (Å²) in [6, 6.07) is 0. The van der Waals surface area contributed by atoms with E-state index < -0.39 is 26.6 Å². The molecule has 102 valence electrons. The Kier molecular flexibility index (Phi) is 7.82. The molecule has 0 aliphatic heterocycles. The van der Waals surface area contributed by atoms with Crippen molar-refractivity contribution >= 4 is 28.7 Å². The number of rotatable bonds is 8. The van der Waals surface area contributed by atoms with Gasteiger partial charge in [0.25, 0.3) is 10.1 Å². The van der Waals surface area contributed by atoms with Gasteiger partial charge in [-0.1, -0.05) is 32.6 Å². The van der Waals surface area contributed by atoms with Crippen LogP contribution in [0.3, 0.4) is 0 Å². The fraction of sp³-hybridized carbons (Fsp3) is 0.900. The Hall–Kier alpha value is -0.270. The van der Waals surface area contributed by atoms with Gasteiger partial charge in [-0.25, -0.2) is 0 Å². The number of carbonyl (C=O) groups excluding carboxylic acids is 1. The molecule has 0 aliphatic carbocycles. The van der Waals surface area contributed by atoms with Crippen molar-refractivity contribution in [1.29, 1.82) is 0 Å². The molecule has 0 heterocycles. The first-order valence-electron chi connectivity index (χ1n) is 5.73. The fourth-order valence-corrected chi connectivity index (χ4v) is 1.79. The molecule has 0 saturated carbocycles. The van der Waals surface area contributed by atoms with Crippen LogP contribution in [0.2, 0.25) is 0 Å². The highest BCUT2D eigenvalue weighted by molar-refractivity contribution is 7.86. The van der Waals surface area contributed by atoms with Crippen LogP contribution in [0.1, 0.15) is 46.0 Å². The fourth-order valence-electron chi connectivity index (χ4n) is 1.27. The molecule has 0 saturated heterocycles. The number of amides is 1. The van der Waals surface area contributed by atoms with E-state index in [0.29, 0.717) is 6.42 Å². The lowest BCUT2D eigenvalue weighted by atomic mass is 10.1. The molecule has 17 heavy (non-hydrogen) atoms. The van der Waals surface area contributed by atoms with Crippen LogP contribution in [0, 0.1) is 0 Å². The van der Waals surface area contributed by atoms with E-state index >= 15 is 0 Å². The Morgan fingerprint density at radius 1 is 1.35 bits per heavy atom. The third-order valence-corrected chi connectivity index (χ3v) is 3.93. The molecule has 1 amide bonds. The monoisotopic (exact) mass is 283 g/mol. The first-order valence-corrected chi connectivity index (χ1v) is 7.75. The molecule has 7 heteroatoms. The molecule has 0 aromatic rings. The van der Waals surface area contributed by atoms with E-state index in [9.17, 15) is 13.2 Å². The third kappa shape index (κ3) is 7.62. The third-order valence-electron chi connectivity index (χ3n) is 2.43. The van der Waals surface area contributed by atoms with Crippen molar-refractivity contribution in [2.45, 2.75) is 56.6 Å². The van der Waals surface area contributed by atoms with Crippen LogP contribution in [-0.4, -0.2) is 29.5 Å². The minimum absolute atomic E-state index is 0.463. The van der Waals surface area contributed by atoms with Gasteiger partial charge >= 0.3 is 0 Å². The number of nitrogens with one attached hydrogen (secondary N) is 1. The highest BCUT2D eigenvalue weighted by atomic mass is 32.2. The van der Waals surface area contributed by atoms with E-state index in [4.69, 9.17) is 4.55 Å². The molecule has 0 bridgehead atoms. The van der Waals surface area contributed by atoms with Crippen molar-refractivity contribution in [3.63, 3.8) is 0 Å². The van der Waals surface area contributed by atoms with Crippen LogP contribution in [0.15, 0.2) is 0 Å².